The minimum atomic E-state index is 0.180. The van der Waals surface area contributed by atoms with Gasteiger partial charge in [-0.15, -0.1) is 0 Å². The number of aromatic hydroxyl groups is 1. The van der Waals surface area contributed by atoms with Crippen LogP contribution in [0.5, 0.6) is 5.75 Å². The quantitative estimate of drug-likeness (QED) is 0.724. The highest BCUT2D eigenvalue weighted by Crippen LogP contribution is 2.23. The fourth-order valence-electron chi connectivity index (χ4n) is 1.42. The summed E-state index contributed by atoms with van der Waals surface area (Å²) in [5.41, 5.74) is 4.93. The second kappa shape index (κ2) is 4.98. The van der Waals surface area contributed by atoms with Gasteiger partial charge in [-0.1, -0.05) is 19.1 Å². The van der Waals surface area contributed by atoms with Crippen LogP contribution in [0.25, 0.3) is 0 Å². The van der Waals surface area contributed by atoms with E-state index in [1.54, 1.807) is 13.2 Å². The van der Waals surface area contributed by atoms with E-state index in [1.807, 2.05) is 19.1 Å². The molecule has 0 spiro atoms. The van der Waals surface area contributed by atoms with Crippen molar-refractivity contribution in [3.8, 4) is 5.75 Å². The van der Waals surface area contributed by atoms with Crippen LogP contribution in [0.4, 0.5) is 0 Å². The average molecular weight is 195 g/mol. The maximum atomic E-state index is 9.38. The molecule has 0 heterocycles. The van der Waals surface area contributed by atoms with E-state index in [1.165, 1.54) is 0 Å². The highest BCUT2D eigenvalue weighted by atomic mass is 16.6. The van der Waals surface area contributed by atoms with Crippen molar-refractivity contribution in [1.82, 2.24) is 5.48 Å². The highest BCUT2D eigenvalue weighted by Gasteiger charge is 2.09. The molecule has 2 N–H and O–H groups in total. The number of benzene rings is 1. The van der Waals surface area contributed by atoms with Crippen molar-refractivity contribution in [3.63, 3.8) is 0 Å². The first-order valence-electron chi connectivity index (χ1n) is 4.77. The van der Waals surface area contributed by atoms with Gasteiger partial charge in [0.25, 0.3) is 0 Å². The maximum absolute atomic E-state index is 9.38. The molecule has 3 heteroatoms. The number of hydrogen-bond acceptors (Lipinski definition) is 3. The predicted octanol–water partition coefficient (Wildman–Crippen LogP) is 2.30. The largest absolute Gasteiger partial charge is 0.508 e. The molecular formula is C11H17NO2. The van der Waals surface area contributed by atoms with Crippen molar-refractivity contribution in [2.45, 2.75) is 26.3 Å². The Balaban J connectivity index is 2.88. The lowest BCUT2D eigenvalue weighted by molar-refractivity contribution is 0.0592. The van der Waals surface area contributed by atoms with Gasteiger partial charge in [0, 0.05) is 0 Å². The normalized spacial score (nSPS) is 12.8. The third-order valence-corrected chi connectivity index (χ3v) is 2.29. The van der Waals surface area contributed by atoms with Crippen molar-refractivity contribution in [1.29, 1.82) is 0 Å². The lowest BCUT2D eigenvalue weighted by Crippen LogP contribution is -2.19. The summed E-state index contributed by atoms with van der Waals surface area (Å²) >= 11 is 0. The highest BCUT2D eigenvalue weighted by molar-refractivity contribution is 5.36. The third-order valence-electron chi connectivity index (χ3n) is 2.29. The third kappa shape index (κ3) is 2.47. The molecule has 78 valence electrons. The van der Waals surface area contributed by atoms with Gasteiger partial charge in [0.15, 0.2) is 0 Å². The molecule has 0 aliphatic carbocycles. The topological polar surface area (TPSA) is 41.5 Å². The first kappa shape index (κ1) is 11.0. The van der Waals surface area contributed by atoms with Gasteiger partial charge in [0.2, 0.25) is 0 Å². The van der Waals surface area contributed by atoms with Gasteiger partial charge in [-0.25, -0.2) is 0 Å². The van der Waals surface area contributed by atoms with Crippen molar-refractivity contribution < 1.29 is 9.94 Å². The summed E-state index contributed by atoms with van der Waals surface area (Å²) in [7, 11) is 1.61. The van der Waals surface area contributed by atoms with E-state index < -0.39 is 0 Å². The monoisotopic (exact) mass is 195 g/mol. The Kier molecular flexibility index (Phi) is 3.92. The number of phenolic OH excluding ortho intramolecular Hbond substituents is 1. The minimum Gasteiger partial charge on any atom is -0.508 e. The zero-order chi connectivity index (χ0) is 10.6. The summed E-state index contributed by atoms with van der Waals surface area (Å²) in [5, 5.41) is 9.38. The van der Waals surface area contributed by atoms with Crippen LogP contribution in [-0.2, 0) is 4.84 Å². The molecule has 1 aromatic rings. The first-order chi connectivity index (χ1) is 6.69. The molecule has 0 bridgehead atoms. The van der Waals surface area contributed by atoms with Crippen molar-refractivity contribution >= 4 is 0 Å². The lowest BCUT2D eigenvalue weighted by atomic mass is 10.0. The SMILES string of the molecule is CCC(NOC)c1ccc(O)c(C)c1. The summed E-state index contributed by atoms with van der Waals surface area (Å²) in [6.45, 7) is 3.97. The van der Waals surface area contributed by atoms with E-state index in [-0.39, 0.29) is 6.04 Å². The predicted molar refractivity (Wildman–Crippen MR) is 56.0 cm³/mol. The smallest absolute Gasteiger partial charge is 0.118 e. The first-order valence-corrected chi connectivity index (χ1v) is 4.77. The lowest BCUT2D eigenvalue weighted by Gasteiger charge is -2.16. The van der Waals surface area contributed by atoms with E-state index in [9.17, 15) is 5.11 Å². The Bertz CT molecular complexity index is 299. The number of nitrogens with one attached hydrogen (secondary N) is 1. The zero-order valence-electron chi connectivity index (χ0n) is 8.87. The molecular weight excluding hydrogens is 178 g/mol. The van der Waals surface area contributed by atoms with Crippen molar-refractivity contribution in [2.24, 2.45) is 0 Å². The summed E-state index contributed by atoms with van der Waals surface area (Å²) in [6, 6.07) is 5.77. The molecule has 0 aliphatic rings. The second-order valence-electron chi connectivity index (χ2n) is 3.33. The Morgan fingerprint density at radius 1 is 1.50 bits per heavy atom. The van der Waals surface area contributed by atoms with Crippen LogP contribution in [0.15, 0.2) is 18.2 Å². The zero-order valence-corrected chi connectivity index (χ0v) is 8.87. The molecule has 14 heavy (non-hydrogen) atoms. The van der Waals surface area contributed by atoms with Crippen LogP contribution in [0.2, 0.25) is 0 Å². The van der Waals surface area contributed by atoms with Crippen LogP contribution < -0.4 is 5.48 Å². The molecule has 0 saturated carbocycles. The maximum Gasteiger partial charge on any atom is 0.118 e. The number of hydroxylamine groups is 1. The van der Waals surface area contributed by atoms with Crippen molar-refractivity contribution in [2.75, 3.05) is 7.11 Å². The Labute approximate surface area is 84.7 Å². The average Bonchev–Trinajstić information content (AvgIpc) is 2.19. The molecule has 1 unspecified atom stereocenters. The number of aryl methyl sites for hydroxylation is 1. The molecule has 0 radical (unpaired) electrons. The number of phenols is 1. The van der Waals surface area contributed by atoms with Gasteiger partial charge in [-0.2, -0.15) is 5.48 Å². The van der Waals surface area contributed by atoms with Gasteiger partial charge in [-0.05, 0) is 30.5 Å². The fourth-order valence-corrected chi connectivity index (χ4v) is 1.42. The van der Waals surface area contributed by atoms with Crippen molar-refractivity contribution in [3.05, 3.63) is 29.3 Å². The van der Waals surface area contributed by atoms with E-state index >= 15 is 0 Å². The molecule has 1 aromatic carbocycles. The van der Waals surface area contributed by atoms with E-state index in [2.05, 4.69) is 12.4 Å². The molecule has 0 amide bonds. The molecule has 0 saturated heterocycles. The fraction of sp³-hybridized carbons (Fsp3) is 0.455. The molecule has 1 rings (SSSR count). The Hall–Kier alpha value is -1.06. The van der Waals surface area contributed by atoms with Gasteiger partial charge in [0.05, 0.1) is 13.2 Å². The molecule has 0 aromatic heterocycles. The van der Waals surface area contributed by atoms with E-state index in [0.717, 1.165) is 17.5 Å². The van der Waals surface area contributed by atoms with E-state index in [4.69, 9.17) is 4.84 Å². The van der Waals surface area contributed by atoms with Crippen LogP contribution in [0, 0.1) is 6.92 Å². The van der Waals surface area contributed by atoms with Crippen LogP contribution in [0.1, 0.15) is 30.5 Å². The Morgan fingerprint density at radius 3 is 2.71 bits per heavy atom. The van der Waals surface area contributed by atoms with Crippen LogP contribution in [0.3, 0.4) is 0 Å². The molecule has 0 fully saturated rings. The summed E-state index contributed by atoms with van der Waals surface area (Å²) in [4.78, 5) is 4.91. The molecule has 0 aliphatic heterocycles. The van der Waals surface area contributed by atoms with Crippen LogP contribution >= 0.6 is 0 Å². The van der Waals surface area contributed by atoms with Gasteiger partial charge in [-0.3, -0.25) is 0 Å². The van der Waals surface area contributed by atoms with Crippen LogP contribution in [-0.4, -0.2) is 12.2 Å². The van der Waals surface area contributed by atoms with Gasteiger partial charge < -0.3 is 9.94 Å². The van der Waals surface area contributed by atoms with E-state index in [0.29, 0.717) is 5.75 Å². The summed E-state index contributed by atoms with van der Waals surface area (Å²) in [5.74, 6) is 0.334. The van der Waals surface area contributed by atoms with Gasteiger partial charge in [0.1, 0.15) is 5.75 Å². The number of rotatable bonds is 4. The molecule has 3 nitrogen and oxygen atoms in total. The summed E-state index contributed by atoms with van der Waals surface area (Å²) < 4.78 is 0. The molecule has 1 atom stereocenters. The second-order valence-corrected chi connectivity index (χ2v) is 3.33. The Morgan fingerprint density at radius 2 is 2.21 bits per heavy atom. The number of hydrogen-bond donors (Lipinski definition) is 2. The minimum absolute atomic E-state index is 0.180. The van der Waals surface area contributed by atoms with Gasteiger partial charge >= 0.3 is 0 Å². The standard InChI is InChI=1S/C11H17NO2/c1-4-10(12-14-3)9-5-6-11(13)8(2)7-9/h5-7,10,12-13H,4H2,1-3H3. The summed E-state index contributed by atoms with van der Waals surface area (Å²) in [6.07, 6.45) is 0.943.